The number of nitrogens with zero attached hydrogens (tertiary/aromatic N) is 3. The van der Waals surface area contributed by atoms with Crippen molar-refractivity contribution in [2.24, 2.45) is 5.92 Å². The van der Waals surface area contributed by atoms with E-state index < -0.39 is 0 Å². The van der Waals surface area contributed by atoms with Gasteiger partial charge in [-0.2, -0.15) is 0 Å². The van der Waals surface area contributed by atoms with Gasteiger partial charge in [-0.1, -0.05) is 26.0 Å². The first-order valence-electron chi connectivity index (χ1n) is 8.66. The fourth-order valence-corrected chi connectivity index (χ4v) is 2.90. The molecule has 1 aromatic carbocycles. The Hall–Kier alpha value is -2.14. The standard InChI is InChI=1S/C19H26N4O/c1-15(2)14-24-18-6-3-5-16(11-18)12-23-10-7-17(13-23)22-19-20-8-4-9-21-19/h3-6,8-9,11,15,17H,7,10,12-14H2,1-2H3,(H,20,21,22)/t17-/m0/s1. The number of benzene rings is 1. The van der Waals surface area contributed by atoms with Crippen molar-refractivity contribution in [2.75, 3.05) is 25.0 Å². The maximum absolute atomic E-state index is 5.83. The highest BCUT2D eigenvalue weighted by atomic mass is 16.5. The van der Waals surface area contributed by atoms with Crippen LogP contribution in [0.1, 0.15) is 25.8 Å². The van der Waals surface area contributed by atoms with Crippen LogP contribution in [0.5, 0.6) is 5.75 Å². The van der Waals surface area contributed by atoms with Crippen LogP contribution in [0.2, 0.25) is 0 Å². The Labute approximate surface area is 144 Å². The van der Waals surface area contributed by atoms with Crippen molar-refractivity contribution in [3.05, 3.63) is 48.3 Å². The lowest BCUT2D eigenvalue weighted by Gasteiger charge is -2.17. The van der Waals surface area contributed by atoms with Crippen molar-refractivity contribution in [1.29, 1.82) is 0 Å². The van der Waals surface area contributed by atoms with Crippen LogP contribution in [0.3, 0.4) is 0 Å². The maximum atomic E-state index is 5.83. The molecule has 1 fully saturated rings. The third kappa shape index (κ3) is 4.93. The lowest BCUT2D eigenvalue weighted by molar-refractivity contribution is 0.270. The summed E-state index contributed by atoms with van der Waals surface area (Å²) >= 11 is 0. The molecule has 1 N–H and O–H groups in total. The molecule has 0 spiro atoms. The Morgan fingerprint density at radius 1 is 1.25 bits per heavy atom. The van der Waals surface area contributed by atoms with Gasteiger partial charge in [-0.15, -0.1) is 0 Å². The molecule has 1 aromatic heterocycles. The zero-order chi connectivity index (χ0) is 16.8. The van der Waals surface area contributed by atoms with Gasteiger partial charge in [0, 0.05) is 38.1 Å². The first kappa shape index (κ1) is 16.7. The zero-order valence-electron chi connectivity index (χ0n) is 14.5. The second kappa shape index (κ2) is 8.11. The molecule has 0 radical (unpaired) electrons. The summed E-state index contributed by atoms with van der Waals surface area (Å²) in [6, 6.07) is 10.7. The highest BCUT2D eigenvalue weighted by Crippen LogP contribution is 2.19. The van der Waals surface area contributed by atoms with Gasteiger partial charge in [0.05, 0.1) is 6.61 Å². The number of nitrogens with one attached hydrogen (secondary N) is 1. The fourth-order valence-electron chi connectivity index (χ4n) is 2.90. The van der Waals surface area contributed by atoms with E-state index in [1.165, 1.54) is 5.56 Å². The predicted octanol–water partition coefficient (Wildman–Crippen LogP) is 3.20. The summed E-state index contributed by atoms with van der Waals surface area (Å²) < 4.78 is 5.83. The van der Waals surface area contributed by atoms with Crippen LogP contribution in [-0.4, -0.2) is 40.6 Å². The van der Waals surface area contributed by atoms with E-state index in [-0.39, 0.29) is 0 Å². The van der Waals surface area contributed by atoms with Crippen molar-refractivity contribution in [3.8, 4) is 5.75 Å². The van der Waals surface area contributed by atoms with Gasteiger partial charge in [0.2, 0.25) is 5.95 Å². The number of hydrogen-bond donors (Lipinski definition) is 1. The topological polar surface area (TPSA) is 50.3 Å². The first-order chi connectivity index (χ1) is 11.7. The SMILES string of the molecule is CC(C)COc1cccc(CN2CC[C@H](Nc3ncccn3)C2)c1. The molecule has 0 unspecified atom stereocenters. The van der Waals surface area contributed by atoms with Crippen molar-refractivity contribution in [1.82, 2.24) is 14.9 Å². The molecule has 24 heavy (non-hydrogen) atoms. The predicted molar refractivity (Wildman–Crippen MR) is 96.1 cm³/mol. The molecule has 0 amide bonds. The smallest absolute Gasteiger partial charge is 0.222 e. The molecule has 1 aliphatic heterocycles. The van der Waals surface area contributed by atoms with E-state index >= 15 is 0 Å². The van der Waals surface area contributed by atoms with Crippen LogP contribution in [0.4, 0.5) is 5.95 Å². The van der Waals surface area contributed by atoms with Gasteiger partial charge in [-0.05, 0) is 36.1 Å². The summed E-state index contributed by atoms with van der Waals surface area (Å²) in [5.41, 5.74) is 1.30. The minimum absolute atomic E-state index is 0.410. The molecule has 0 bridgehead atoms. The Kier molecular flexibility index (Phi) is 5.64. The molecule has 1 aliphatic rings. The molecule has 3 rings (SSSR count). The van der Waals surface area contributed by atoms with Crippen molar-refractivity contribution < 1.29 is 4.74 Å². The molecule has 0 aliphatic carbocycles. The molecule has 1 atom stereocenters. The second-order valence-electron chi connectivity index (χ2n) is 6.79. The van der Waals surface area contributed by atoms with Crippen molar-refractivity contribution in [2.45, 2.75) is 32.9 Å². The minimum atomic E-state index is 0.410. The van der Waals surface area contributed by atoms with Gasteiger partial charge < -0.3 is 10.1 Å². The zero-order valence-corrected chi connectivity index (χ0v) is 14.5. The molecular weight excluding hydrogens is 300 g/mol. The van der Waals surface area contributed by atoms with Gasteiger partial charge in [0.1, 0.15) is 5.75 Å². The summed E-state index contributed by atoms with van der Waals surface area (Å²) in [5.74, 6) is 2.22. The lowest BCUT2D eigenvalue weighted by Crippen LogP contribution is -2.26. The second-order valence-corrected chi connectivity index (χ2v) is 6.79. The van der Waals surface area contributed by atoms with Crippen LogP contribution in [-0.2, 0) is 6.54 Å². The Balaban J connectivity index is 1.51. The summed E-state index contributed by atoms with van der Waals surface area (Å²) in [6.45, 7) is 8.13. The third-order valence-electron chi connectivity index (χ3n) is 4.06. The van der Waals surface area contributed by atoms with E-state index in [9.17, 15) is 0 Å². The normalized spacial score (nSPS) is 18.0. The fraction of sp³-hybridized carbons (Fsp3) is 0.474. The number of anilines is 1. The third-order valence-corrected chi connectivity index (χ3v) is 4.06. The Bertz CT molecular complexity index is 632. The first-order valence-corrected chi connectivity index (χ1v) is 8.66. The molecule has 1 saturated heterocycles. The van der Waals surface area contributed by atoms with Crippen LogP contribution >= 0.6 is 0 Å². The Morgan fingerprint density at radius 2 is 2.08 bits per heavy atom. The Morgan fingerprint density at radius 3 is 2.88 bits per heavy atom. The largest absolute Gasteiger partial charge is 0.493 e. The van der Waals surface area contributed by atoms with E-state index in [0.29, 0.717) is 17.9 Å². The molecule has 0 saturated carbocycles. The summed E-state index contributed by atoms with van der Waals surface area (Å²) in [6.07, 6.45) is 4.65. The van der Waals surface area contributed by atoms with E-state index in [4.69, 9.17) is 4.74 Å². The highest BCUT2D eigenvalue weighted by molar-refractivity contribution is 5.29. The van der Waals surface area contributed by atoms with Crippen LogP contribution in [0, 0.1) is 5.92 Å². The maximum Gasteiger partial charge on any atom is 0.222 e. The number of rotatable bonds is 7. The molecule has 2 heterocycles. The van der Waals surface area contributed by atoms with Crippen LogP contribution in [0.25, 0.3) is 0 Å². The van der Waals surface area contributed by atoms with Crippen molar-refractivity contribution >= 4 is 5.95 Å². The summed E-state index contributed by atoms with van der Waals surface area (Å²) in [5, 5.41) is 3.41. The highest BCUT2D eigenvalue weighted by Gasteiger charge is 2.22. The number of ether oxygens (including phenoxy) is 1. The average molecular weight is 326 g/mol. The van der Waals surface area contributed by atoms with Gasteiger partial charge in [-0.25, -0.2) is 9.97 Å². The number of aromatic nitrogens is 2. The van der Waals surface area contributed by atoms with Gasteiger partial charge in [0.25, 0.3) is 0 Å². The monoisotopic (exact) mass is 326 g/mol. The van der Waals surface area contributed by atoms with E-state index in [0.717, 1.165) is 38.4 Å². The molecular formula is C19H26N4O. The summed E-state index contributed by atoms with van der Waals surface area (Å²) in [7, 11) is 0. The van der Waals surface area contributed by atoms with Gasteiger partial charge in [-0.3, -0.25) is 4.90 Å². The molecule has 128 valence electrons. The average Bonchev–Trinajstić information content (AvgIpc) is 3.01. The molecule has 5 heteroatoms. The van der Waals surface area contributed by atoms with Crippen LogP contribution < -0.4 is 10.1 Å². The summed E-state index contributed by atoms with van der Waals surface area (Å²) in [4.78, 5) is 10.9. The quantitative estimate of drug-likeness (QED) is 0.847. The lowest BCUT2D eigenvalue weighted by atomic mass is 10.2. The number of hydrogen-bond acceptors (Lipinski definition) is 5. The van der Waals surface area contributed by atoms with E-state index in [2.05, 4.69) is 52.2 Å². The van der Waals surface area contributed by atoms with Crippen molar-refractivity contribution in [3.63, 3.8) is 0 Å². The van der Waals surface area contributed by atoms with Crippen LogP contribution in [0.15, 0.2) is 42.7 Å². The molecule has 5 nitrogen and oxygen atoms in total. The number of likely N-dealkylation sites (tertiary alicyclic amines) is 1. The van der Waals surface area contributed by atoms with Gasteiger partial charge in [0.15, 0.2) is 0 Å². The van der Waals surface area contributed by atoms with E-state index in [1.807, 2.05) is 12.1 Å². The van der Waals surface area contributed by atoms with Gasteiger partial charge >= 0.3 is 0 Å². The van der Waals surface area contributed by atoms with E-state index in [1.54, 1.807) is 12.4 Å². The minimum Gasteiger partial charge on any atom is -0.493 e. The molecule has 2 aromatic rings.